The molecule has 28 heavy (non-hydrogen) atoms. The maximum Gasteiger partial charge on any atom is 0.329 e. The number of hydrazone groups is 1. The Morgan fingerprint density at radius 3 is 2.61 bits per heavy atom. The van der Waals surface area contributed by atoms with Crippen molar-refractivity contribution < 1.29 is 18.9 Å². The van der Waals surface area contributed by atoms with E-state index in [1.165, 1.54) is 18.3 Å². The lowest BCUT2D eigenvalue weighted by atomic mass is 10.1. The van der Waals surface area contributed by atoms with Gasteiger partial charge in [0.1, 0.15) is 11.5 Å². The second-order valence-electron chi connectivity index (χ2n) is 6.41. The van der Waals surface area contributed by atoms with Crippen LogP contribution in [0.2, 0.25) is 0 Å². The average Bonchev–Trinajstić information content (AvgIpc) is 3.00. The van der Waals surface area contributed by atoms with Crippen LogP contribution in [0, 0.1) is 10.1 Å². The zero-order valence-corrected chi connectivity index (χ0v) is 15.2. The molecule has 0 aliphatic carbocycles. The van der Waals surface area contributed by atoms with Crippen molar-refractivity contribution >= 4 is 23.7 Å². The van der Waals surface area contributed by atoms with Crippen molar-refractivity contribution in [2.45, 2.75) is 25.7 Å². The predicted molar refractivity (Wildman–Crippen MR) is 102 cm³/mol. The van der Waals surface area contributed by atoms with Gasteiger partial charge >= 0.3 is 11.8 Å². The molecule has 1 aromatic carbocycles. The van der Waals surface area contributed by atoms with Gasteiger partial charge in [0.15, 0.2) is 0 Å². The zero-order chi connectivity index (χ0) is 19.9. The first kappa shape index (κ1) is 19.3. The molecule has 1 N–H and O–H groups in total. The molecular formula is C19H20N4O5. The summed E-state index contributed by atoms with van der Waals surface area (Å²) in [6.07, 6.45) is 5.20. The second-order valence-corrected chi connectivity index (χ2v) is 6.41. The van der Waals surface area contributed by atoms with Gasteiger partial charge in [-0.1, -0.05) is 25.0 Å². The number of non-ortho nitro benzene ring substituents is 1. The fourth-order valence-electron chi connectivity index (χ4n) is 2.97. The number of nitro benzene ring substituents is 1. The van der Waals surface area contributed by atoms with Crippen LogP contribution in [0.25, 0.3) is 11.3 Å². The van der Waals surface area contributed by atoms with Crippen molar-refractivity contribution in [3.63, 3.8) is 0 Å². The molecule has 0 atom stereocenters. The van der Waals surface area contributed by atoms with Crippen molar-refractivity contribution in [3.8, 4) is 11.3 Å². The topological polar surface area (TPSA) is 118 Å². The van der Waals surface area contributed by atoms with Gasteiger partial charge in [-0.05, 0) is 25.0 Å². The van der Waals surface area contributed by atoms with E-state index in [4.69, 9.17) is 4.42 Å². The molecule has 0 radical (unpaired) electrons. The van der Waals surface area contributed by atoms with Crippen molar-refractivity contribution in [3.05, 3.63) is 52.3 Å². The molecule has 146 valence electrons. The Balaban J connectivity index is 1.59. The van der Waals surface area contributed by atoms with Crippen LogP contribution in [-0.2, 0) is 9.59 Å². The van der Waals surface area contributed by atoms with Gasteiger partial charge in [-0.25, -0.2) is 5.43 Å². The monoisotopic (exact) mass is 384 g/mol. The Labute approximate surface area is 161 Å². The van der Waals surface area contributed by atoms with Gasteiger partial charge in [0.2, 0.25) is 0 Å². The molecule has 2 aromatic rings. The molecule has 1 fully saturated rings. The zero-order valence-electron chi connectivity index (χ0n) is 15.2. The molecular weight excluding hydrogens is 364 g/mol. The molecule has 1 aliphatic rings. The molecule has 1 saturated heterocycles. The fraction of sp³-hybridized carbons (Fsp3) is 0.316. The number of rotatable bonds is 4. The summed E-state index contributed by atoms with van der Waals surface area (Å²) in [5.74, 6) is -0.611. The number of nitrogens with zero attached hydrogens (tertiary/aromatic N) is 3. The van der Waals surface area contributed by atoms with Gasteiger partial charge in [-0.3, -0.25) is 19.7 Å². The van der Waals surface area contributed by atoms with E-state index in [9.17, 15) is 19.7 Å². The summed E-state index contributed by atoms with van der Waals surface area (Å²) in [4.78, 5) is 36.0. The minimum atomic E-state index is -0.788. The lowest BCUT2D eigenvalue weighted by molar-refractivity contribution is -0.384. The molecule has 9 nitrogen and oxygen atoms in total. The number of carbonyl (C=O) groups is 2. The summed E-state index contributed by atoms with van der Waals surface area (Å²) in [7, 11) is 0. The van der Waals surface area contributed by atoms with Crippen LogP contribution in [0.1, 0.15) is 31.4 Å². The Kier molecular flexibility index (Phi) is 6.15. The lowest BCUT2D eigenvalue weighted by Gasteiger charge is -2.18. The van der Waals surface area contributed by atoms with E-state index in [0.29, 0.717) is 30.2 Å². The first-order chi connectivity index (χ1) is 13.5. The molecule has 1 aromatic heterocycles. The summed E-state index contributed by atoms with van der Waals surface area (Å²) in [6, 6.07) is 9.31. The molecule has 2 amide bonds. The van der Waals surface area contributed by atoms with Gasteiger partial charge in [0, 0.05) is 30.8 Å². The highest BCUT2D eigenvalue weighted by Crippen LogP contribution is 2.25. The van der Waals surface area contributed by atoms with Crippen LogP contribution in [0.3, 0.4) is 0 Å². The van der Waals surface area contributed by atoms with Crippen LogP contribution in [0.4, 0.5) is 5.69 Å². The molecule has 2 heterocycles. The molecule has 1 aliphatic heterocycles. The highest BCUT2D eigenvalue weighted by molar-refractivity contribution is 6.35. The van der Waals surface area contributed by atoms with Crippen LogP contribution in [-0.4, -0.2) is 40.9 Å². The SMILES string of the molecule is O=C(N/N=C/c1ccc(-c2cccc([N+](=O)[O-])c2)o1)C(=O)N1CCCCCC1. The first-order valence-corrected chi connectivity index (χ1v) is 9.01. The largest absolute Gasteiger partial charge is 0.455 e. The molecule has 9 heteroatoms. The van der Waals surface area contributed by atoms with E-state index in [0.717, 1.165) is 25.7 Å². The summed E-state index contributed by atoms with van der Waals surface area (Å²) < 4.78 is 5.56. The van der Waals surface area contributed by atoms with E-state index in [1.807, 2.05) is 0 Å². The van der Waals surface area contributed by atoms with E-state index in [1.54, 1.807) is 29.2 Å². The van der Waals surface area contributed by atoms with Crippen molar-refractivity contribution in [1.29, 1.82) is 0 Å². The van der Waals surface area contributed by atoms with Gasteiger partial charge < -0.3 is 9.32 Å². The summed E-state index contributed by atoms with van der Waals surface area (Å²) in [6.45, 7) is 1.17. The number of nitrogens with one attached hydrogen (secondary N) is 1. The molecule has 3 rings (SSSR count). The maximum absolute atomic E-state index is 12.1. The van der Waals surface area contributed by atoms with Gasteiger partial charge in [-0.15, -0.1) is 0 Å². The molecule has 0 bridgehead atoms. The van der Waals surface area contributed by atoms with E-state index in [-0.39, 0.29) is 5.69 Å². The van der Waals surface area contributed by atoms with Crippen LogP contribution in [0.15, 0.2) is 45.9 Å². The molecule has 0 spiro atoms. The van der Waals surface area contributed by atoms with Gasteiger partial charge in [-0.2, -0.15) is 5.10 Å². The minimum Gasteiger partial charge on any atom is -0.455 e. The number of benzene rings is 1. The maximum atomic E-state index is 12.1. The predicted octanol–water partition coefficient (Wildman–Crippen LogP) is 2.71. The number of amides is 2. The van der Waals surface area contributed by atoms with Crippen LogP contribution >= 0.6 is 0 Å². The Morgan fingerprint density at radius 1 is 1.14 bits per heavy atom. The highest BCUT2D eigenvalue weighted by atomic mass is 16.6. The smallest absolute Gasteiger partial charge is 0.329 e. The number of carbonyl (C=O) groups excluding carboxylic acids is 2. The normalized spacial score (nSPS) is 14.6. The number of hydrogen-bond acceptors (Lipinski definition) is 6. The lowest BCUT2D eigenvalue weighted by Crippen LogP contribution is -2.41. The first-order valence-electron chi connectivity index (χ1n) is 9.01. The highest BCUT2D eigenvalue weighted by Gasteiger charge is 2.22. The molecule has 0 unspecified atom stereocenters. The minimum absolute atomic E-state index is 0.0385. The number of nitro groups is 1. The Bertz CT molecular complexity index is 897. The second kappa shape index (κ2) is 8.94. The third kappa shape index (κ3) is 4.81. The van der Waals surface area contributed by atoms with E-state index >= 15 is 0 Å². The number of hydrogen-bond donors (Lipinski definition) is 1. The van der Waals surface area contributed by atoms with E-state index < -0.39 is 16.7 Å². The molecule has 0 saturated carbocycles. The van der Waals surface area contributed by atoms with Crippen molar-refractivity contribution in [1.82, 2.24) is 10.3 Å². The Morgan fingerprint density at radius 2 is 1.89 bits per heavy atom. The third-order valence-electron chi connectivity index (χ3n) is 4.41. The fourth-order valence-corrected chi connectivity index (χ4v) is 2.97. The van der Waals surface area contributed by atoms with Gasteiger partial charge in [0.25, 0.3) is 5.69 Å². The average molecular weight is 384 g/mol. The van der Waals surface area contributed by atoms with Crippen LogP contribution in [0.5, 0.6) is 0 Å². The number of likely N-dealkylation sites (tertiary alicyclic amines) is 1. The quantitative estimate of drug-likeness (QED) is 0.376. The third-order valence-corrected chi connectivity index (χ3v) is 4.41. The van der Waals surface area contributed by atoms with E-state index in [2.05, 4.69) is 10.5 Å². The standard InChI is InChI=1S/C19H20N4O5/c24-18(19(25)22-10-3-1-2-4-11-22)21-20-13-16-8-9-17(28-16)14-6-5-7-15(12-14)23(26)27/h5-9,12-13H,1-4,10-11H2,(H,21,24)/b20-13+. The van der Waals surface area contributed by atoms with Gasteiger partial charge in [0.05, 0.1) is 11.1 Å². The summed E-state index contributed by atoms with van der Waals surface area (Å²) in [5.41, 5.74) is 2.72. The Hall–Kier alpha value is -3.49. The number of furan rings is 1. The van der Waals surface area contributed by atoms with Crippen LogP contribution < -0.4 is 5.43 Å². The van der Waals surface area contributed by atoms with Crippen molar-refractivity contribution in [2.24, 2.45) is 5.10 Å². The van der Waals surface area contributed by atoms with Crippen molar-refractivity contribution in [2.75, 3.05) is 13.1 Å². The summed E-state index contributed by atoms with van der Waals surface area (Å²) in [5, 5.41) is 14.6. The summed E-state index contributed by atoms with van der Waals surface area (Å²) >= 11 is 0.